The lowest BCUT2D eigenvalue weighted by Gasteiger charge is -1.95. The maximum absolute atomic E-state index is 10.5. The van der Waals surface area contributed by atoms with Crippen LogP contribution in [0.5, 0.6) is 0 Å². The maximum atomic E-state index is 10.5. The summed E-state index contributed by atoms with van der Waals surface area (Å²) in [7, 11) is 1.77. The van der Waals surface area contributed by atoms with Crippen molar-refractivity contribution < 1.29 is 9.90 Å². The first-order valence-electron chi connectivity index (χ1n) is 5.79. The number of thioether (sulfide) groups is 1. The van der Waals surface area contributed by atoms with E-state index in [1.54, 1.807) is 17.9 Å². The summed E-state index contributed by atoms with van der Waals surface area (Å²) in [5.41, 5.74) is 0.995. The largest absolute Gasteiger partial charge is 0.481 e. The van der Waals surface area contributed by atoms with E-state index in [4.69, 9.17) is 5.11 Å². The minimum absolute atomic E-state index is 0.00772. The van der Waals surface area contributed by atoms with Crippen molar-refractivity contribution >= 4 is 17.7 Å². The lowest BCUT2D eigenvalue weighted by atomic mass is 10.2. The van der Waals surface area contributed by atoms with Gasteiger partial charge in [0.05, 0.1) is 5.75 Å². The zero-order valence-corrected chi connectivity index (χ0v) is 11.3. The van der Waals surface area contributed by atoms with Crippen LogP contribution in [0, 0.1) is 0 Å². The average Bonchev–Trinajstić information content (AvgIpc) is 2.76. The third kappa shape index (κ3) is 4.06. The summed E-state index contributed by atoms with van der Waals surface area (Å²) in [4.78, 5) is 19.1. The second kappa shape index (κ2) is 6.33. The highest BCUT2D eigenvalue weighted by molar-refractivity contribution is 7.99. The van der Waals surface area contributed by atoms with E-state index in [2.05, 4.69) is 15.1 Å². The fraction of sp³-hybridized carbons (Fsp3) is 0.333. The van der Waals surface area contributed by atoms with Gasteiger partial charge in [0.15, 0.2) is 11.0 Å². The molecule has 0 spiro atoms. The van der Waals surface area contributed by atoms with Crippen molar-refractivity contribution in [1.82, 2.24) is 19.7 Å². The van der Waals surface area contributed by atoms with Gasteiger partial charge in [-0.25, -0.2) is 9.67 Å². The van der Waals surface area contributed by atoms with Gasteiger partial charge in [-0.2, -0.15) is 5.10 Å². The molecule has 0 aliphatic rings. The predicted molar refractivity (Wildman–Crippen MR) is 71.0 cm³/mol. The van der Waals surface area contributed by atoms with Crippen molar-refractivity contribution in [1.29, 1.82) is 0 Å². The molecular weight excluding hydrogens is 264 g/mol. The van der Waals surface area contributed by atoms with Crippen molar-refractivity contribution in [3.05, 3.63) is 35.9 Å². The van der Waals surface area contributed by atoms with Gasteiger partial charge in [0, 0.05) is 25.4 Å². The van der Waals surface area contributed by atoms with Gasteiger partial charge in [-0.15, -0.1) is 0 Å². The Morgan fingerprint density at radius 3 is 2.95 bits per heavy atom. The van der Waals surface area contributed by atoms with Gasteiger partial charge >= 0.3 is 5.97 Å². The molecule has 19 heavy (non-hydrogen) atoms. The second-order valence-corrected chi connectivity index (χ2v) is 4.88. The Hall–Kier alpha value is -1.89. The van der Waals surface area contributed by atoms with E-state index in [1.165, 1.54) is 11.8 Å². The first-order chi connectivity index (χ1) is 9.15. The van der Waals surface area contributed by atoms with Gasteiger partial charge in [-0.3, -0.25) is 9.78 Å². The molecule has 0 saturated heterocycles. The molecule has 0 aliphatic heterocycles. The van der Waals surface area contributed by atoms with E-state index in [9.17, 15) is 4.79 Å². The Kier molecular flexibility index (Phi) is 4.51. The first-order valence-corrected chi connectivity index (χ1v) is 6.78. The smallest absolute Gasteiger partial charge is 0.313 e. The Morgan fingerprint density at radius 1 is 1.42 bits per heavy atom. The number of hydrogen-bond donors (Lipinski definition) is 1. The van der Waals surface area contributed by atoms with Crippen molar-refractivity contribution in [3.63, 3.8) is 0 Å². The van der Waals surface area contributed by atoms with Gasteiger partial charge in [0.25, 0.3) is 0 Å². The number of hydrogen-bond acceptors (Lipinski definition) is 5. The molecule has 0 aromatic carbocycles. The van der Waals surface area contributed by atoms with Crippen LogP contribution < -0.4 is 0 Å². The van der Waals surface area contributed by atoms with Gasteiger partial charge in [0.2, 0.25) is 0 Å². The Balaban J connectivity index is 1.94. The molecule has 0 aliphatic carbocycles. The molecule has 2 rings (SSSR count). The zero-order chi connectivity index (χ0) is 13.7. The number of aliphatic carboxylic acids is 1. The highest BCUT2D eigenvalue weighted by Crippen LogP contribution is 2.15. The maximum Gasteiger partial charge on any atom is 0.313 e. The Bertz CT molecular complexity index is 556. The molecule has 0 atom stereocenters. The molecular formula is C12H14N4O2S. The SMILES string of the molecule is Cn1nc(CCc2ccccn2)nc1SCC(=O)O. The Labute approximate surface area is 114 Å². The van der Waals surface area contributed by atoms with Crippen LogP contribution in [0.1, 0.15) is 11.5 Å². The molecule has 0 saturated carbocycles. The van der Waals surface area contributed by atoms with Gasteiger partial charge in [-0.05, 0) is 18.6 Å². The molecule has 2 heterocycles. The standard InChI is InChI=1S/C12H14N4O2S/c1-16-12(19-8-11(17)18)14-10(15-16)6-5-9-4-2-3-7-13-9/h2-4,7H,5-6,8H2,1H3,(H,17,18). The molecule has 7 heteroatoms. The van der Waals surface area contributed by atoms with E-state index in [0.29, 0.717) is 17.4 Å². The van der Waals surface area contributed by atoms with E-state index < -0.39 is 5.97 Å². The second-order valence-electron chi connectivity index (χ2n) is 3.94. The normalized spacial score (nSPS) is 10.6. The van der Waals surface area contributed by atoms with Crippen molar-refractivity contribution in [2.45, 2.75) is 18.0 Å². The van der Waals surface area contributed by atoms with Crippen LogP contribution in [0.15, 0.2) is 29.6 Å². The minimum atomic E-state index is -0.858. The number of aryl methyl sites for hydroxylation is 3. The highest BCUT2D eigenvalue weighted by Gasteiger charge is 2.09. The lowest BCUT2D eigenvalue weighted by Crippen LogP contribution is -2.00. The number of carboxylic acid groups (broad SMARTS) is 1. The molecule has 0 amide bonds. The molecule has 0 fully saturated rings. The average molecular weight is 278 g/mol. The van der Waals surface area contributed by atoms with Gasteiger partial charge in [0.1, 0.15) is 0 Å². The van der Waals surface area contributed by atoms with Crippen molar-refractivity contribution in [2.24, 2.45) is 7.05 Å². The van der Waals surface area contributed by atoms with Crippen LogP contribution in [0.4, 0.5) is 0 Å². The summed E-state index contributed by atoms with van der Waals surface area (Å²) in [6, 6.07) is 5.79. The summed E-state index contributed by atoms with van der Waals surface area (Å²) in [6.45, 7) is 0. The van der Waals surface area contributed by atoms with Crippen LogP contribution in [0.2, 0.25) is 0 Å². The summed E-state index contributed by atoms with van der Waals surface area (Å²) in [5.74, 6) is -0.157. The molecule has 2 aromatic heterocycles. The van der Waals surface area contributed by atoms with Crippen molar-refractivity contribution in [3.8, 4) is 0 Å². The zero-order valence-electron chi connectivity index (χ0n) is 10.5. The number of pyridine rings is 1. The monoisotopic (exact) mass is 278 g/mol. The predicted octanol–water partition coefficient (Wildman–Crippen LogP) is 1.17. The molecule has 2 aromatic rings. The molecule has 0 unspecified atom stereocenters. The fourth-order valence-electron chi connectivity index (χ4n) is 1.56. The topological polar surface area (TPSA) is 80.9 Å². The first kappa shape index (κ1) is 13.5. The van der Waals surface area contributed by atoms with Crippen LogP contribution in [-0.4, -0.2) is 36.6 Å². The van der Waals surface area contributed by atoms with Gasteiger partial charge < -0.3 is 5.11 Å². The number of carbonyl (C=O) groups is 1. The third-order valence-corrected chi connectivity index (χ3v) is 3.43. The number of nitrogens with zero attached hydrogens (tertiary/aromatic N) is 4. The van der Waals surface area contributed by atoms with E-state index in [1.807, 2.05) is 18.2 Å². The number of rotatable bonds is 6. The molecule has 1 N–H and O–H groups in total. The van der Waals surface area contributed by atoms with E-state index in [0.717, 1.165) is 12.1 Å². The quantitative estimate of drug-likeness (QED) is 0.799. The third-order valence-electron chi connectivity index (χ3n) is 2.42. The molecule has 6 nitrogen and oxygen atoms in total. The highest BCUT2D eigenvalue weighted by atomic mass is 32.2. The molecule has 100 valence electrons. The van der Waals surface area contributed by atoms with Crippen LogP contribution in [-0.2, 0) is 24.7 Å². The van der Waals surface area contributed by atoms with Crippen molar-refractivity contribution in [2.75, 3.05) is 5.75 Å². The molecule has 0 bridgehead atoms. The summed E-state index contributed by atoms with van der Waals surface area (Å²) in [5, 5.41) is 13.5. The van der Waals surface area contributed by atoms with Crippen LogP contribution in [0.25, 0.3) is 0 Å². The fourth-order valence-corrected chi connectivity index (χ4v) is 2.21. The minimum Gasteiger partial charge on any atom is -0.481 e. The lowest BCUT2D eigenvalue weighted by molar-refractivity contribution is -0.133. The summed E-state index contributed by atoms with van der Waals surface area (Å²) >= 11 is 1.17. The van der Waals surface area contributed by atoms with E-state index >= 15 is 0 Å². The Morgan fingerprint density at radius 2 is 2.26 bits per heavy atom. The number of carboxylic acids is 1. The van der Waals surface area contributed by atoms with Gasteiger partial charge in [-0.1, -0.05) is 17.8 Å². The molecule has 0 radical (unpaired) electrons. The van der Waals surface area contributed by atoms with Crippen LogP contribution >= 0.6 is 11.8 Å². The summed E-state index contributed by atoms with van der Waals surface area (Å²) < 4.78 is 1.61. The van der Waals surface area contributed by atoms with E-state index in [-0.39, 0.29) is 5.75 Å². The summed E-state index contributed by atoms with van der Waals surface area (Å²) in [6.07, 6.45) is 3.22. The van der Waals surface area contributed by atoms with Crippen LogP contribution in [0.3, 0.4) is 0 Å². The number of aromatic nitrogens is 4.